The molecule has 0 aliphatic carbocycles. The van der Waals surface area contributed by atoms with Crippen molar-refractivity contribution in [3.63, 3.8) is 0 Å². The number of ether oxygens (including phenoxy) is 3. The molecular weight excluding hydrogens is 192 g/mol. The fourth-order valence-corrected chi connectivity index (χ4v) is 1.34. The summed E-state index contributed by atoms with van der Waals surface area (Å²) in [5.41, 5.74) is 1.00. The van der Waals surface area contributed by atoms with Crippen LogP contribution in [0.5, 0.6) is 5.75 Å². The Kier molecular flexibility index (Phi) is 5.15. The van der Waals surface area contributed by atoms with E-state index in [1.165, 1.54) is 0 Å². The summed E-state index contributed by atoms with van der Waals surface area (Å²) in [7, 11) is 1.64. The smallest absolute Gasteiger partial charge is 0.183 e. The van der Waals surface area contributed by atoms with E-state index in [9.17, 15) is 0 Å². The van der Waals surface area contributed by atoms with Crippen molar-refractivity contribution in [2.45, 2.75) is 20.1 Å². The van der Waals surface area contributed by atoms with Gasteiger partial charge in [-0.05, 0) is 26.0 Å². The normalized spacial score (nSPS) is 12.5. The monoisotopic (exact) mass is 210 g/mol. The molecule has 15 heavy (non-hydrogen) atoms. The fraction of sp³-hybridized carbons (Fsp3) is 0.500. The van der Waals surface area contributed by atoms with E-state index in [-0.39, 0.29) is 6.29 Å². The highest BCUT2D eigenvalue weighted by Crippen LogP contribution is 2.21. The van der Waals surface area contributed by atoms with Crippen LogP contribution in [0.2, 0.25) is 0 Å². The Morgan fingerprint density at radius 3 is 2.20 bits per heavy atom. The van der Waals surface area contributed by atoms with Crippen molar-refractivity contribution in [2.75, 3.05) is 20.3 Å². The maximum Gasteiger partial charge on any atom is 0.183 e. The van der Waals surface area contributed by atoms with Gasteiger partial charge in [0.1, 0.15) is 5.75 Å². The molecule has 0 bridgehead atoms. The summed E-state index contributed by atoms with van der Waals surface area (Å²) < 4.78 is 16.0. The van der Waals surface area contributed by atoms with E-state index in [2.05, 4.69) is 0 Å². The molecule has 1 aromatic rings. The minimum Gasteiger partial charge on any atom is -0.494 e. The lowest BCUT2D eigenvalue weighted by atomic mass is 10.2. The molecule has 3 nitrogen and oxygen atoms in total. The van der Waals surface area contributed by atoms with E-state index in [0.717, 1.165) is 11.3 Å². The second-order valence-electron chi connectivity index (χ2n) is 3.03. The molecule has 1 unspecified atom stereocenters. The summed E-state index contributed by atoms with van der Waals surface area (Å²) in [5, 5.41) is 0. The number of hydrogen-bond acceptors (Lipinski definition) is 3. The van der Waals surface area contributed by atoms with Crippen LogP contribution in [0.15, 0.2) is 24.3 Å². The zero-order valence-electron chi connectivity index (χ0n) is 9.53. The Hall–Kier alpha value is -1.06. The molecule has 1 atom stereocenters. The molecule has 0 saturated carbocycles. The Bertz CT molecular complexity index is 269. The minimum atomic E-state index is -0.286. The first-order valence-corrected chi connectivity index (χ1v) is 5.19. The molecule has 0 N–H and O–H groups in total. The van der Waals surface area contributed by atoms with Gasteiger partial charge in [-0.2, -0.15) is 0 Å². The third-order valence-electron chi connectivity index (χ3n) is 2.00. The van der Waals surface area contributed by atoms with Crippen LogP contribution in [0.25, 0.3) is 0 Å². The molecule has 1 rings (SSSR count). The largest absolute Gasteiger partial charge is 0.494 e. The van der Waals surface area contributed by atoms with Gasteiger partial charge in [0.15, 0.2) is 6.29 Å². The Labute approximate surface area is 91.0 Å². The lowest BCUT2D eigenvalue weighted by Crippen LogP contribution is -2.06. The highest BCUT2D eigenvalue weighted by atomic mass is 16.7. The summed E-state index contributed by atoms with van der Waals surface area (Å²) in [4.78, 5) is 0. The first-order valence-electron chi connectivity index (χ1n) is 5.19. The molecule has 3 heteroatoms. The zero-order valence-corrected chi connectivity index (χ0v) is 9.53. The van der Waals surface area contributed by atoms with Crippen LogP contribution in [0, 0.1) is 0 Å². The lowest BCUT2D eigenvalue weighted by Gasteiger charge is -2.15. The Balaban J connectivity index is 2.68. The van der Waals surface area contributed by atoms with E-state index < -0.39 is 0 Å². The van der Waals surface area contributed by atoms with Crippen molar-refractivity contribution >= 4 is 0 Å². The molecule has 0 spiro atoms. The number of hydrogen-bond donors (Lipinski definition) is 0. The summed E-state index contributed by atoms with van der Waals surface area (Å²) in [6.07, 6.45) is -0.286. The average molecular weight is 210 g/mol. The highest BCUT2D eigenvalue weighted by molar-refractivity contribution is 5.27. The summed E-state index contributed by atoms with van der Waals surface area (Å²) in [5.74, 6) is 0.868. The van der Waals surface area contributed by atoms with Crippen molar-refractivity contribution < 1.29 is 14.2 Å². The second kappa shape index (κ2) is 6.43. The van der Waals surface area contributed by atoms with Crippen molar-refractivity contribution in [1.29, 1.82) is 0 Å². The first-order chi connectivity index (χ1) is 7.31. The minimum absolute atomic E-state index is 0.286. The average Bonchev–Trinajstić information content (AvgIpc) is 2.28. The van der Waals surface area contributed by atoms with Crippen LogP contribution >= 0.6 is 0 Å². The van der Waals surface area contributed by atoms with Crippen molar-refractivity contribution in [3.8, 4) is 5.75 Å². The van der Waals surface area contributed by atoms with Crippen LogP contribution in [0.4, 0.5) is 0 Å². The maximum absolute atomic E-state index is 5.41. The van der Waals surface area contributed by atoms with Gasteiger partial charge in [0.25, 0.3) is 0 Å². The molecule has 0 saturated heterocycles. The van der Waals surface area contributed by atoms with Crippen LogP contribution in [-0.4, -0.2) is 20.3 Å². The van der Waals surface area contributed by atoms with E-state index >= 15 is 0 Å². The third-order valence-corrected chi connectivity index (χ3v) is 2.00. The van der Waals surface area contributed by atoms with E-state index in [1.54, 1.807) is 7.11 Å². The maximum atomic E-state index is 5.41. The summed E-state index contributed by atoms with van der Waals surface area (Å²) in [6.45, 7) is 5.22. The van der Waals surface area contributed by atoms with Crippen molar-refractivity contribution in [1.82, 2.24) is 0 Å². The van der Waals surface area contributed by atoms with Gasteiger partial charge < -0.3 is 14.2 Å². The molecule has 1 aromatic carbocycles. The molecule has 0 fully saturated rings. The van der Waals surface area contributed by atoms with E-state index in [0.29, 0.717) is 13.2 Å². The van der Waals surface area contributed by atoms with E-state index in [4.69, 9.17) is 14.2 Å². The fourth-order valence-electron chi connectivity index (χ4n) is 1.34. The summed E-state index contributed by atoms with van der Waals surface area (Å²) >= 11 is 0. The van der Waals surface area contributed by atoms with Gasteiger partial charge in [0, 0.05) is 19.3 Å². The van der Waals surface area contributed by atoms with Gasteiger partial charge in [-0.3, -0.25) is 0 Å². The predicted octanol–water partition coefficient (Wildman–Crippen LogP) is 2.77. The topological polar surface area (TPSA) is 27.7 Å². The standard InChI is InChI=1S/C12H18O3/c1-4-14-11-8-6-10(7-9-11)12(13-3)15-5-2/h6-9,12H,4-5H2,1-3H3. The quantitative estimate of drug-likeness (QED) is 0.676. The van der Waals surface area contributed by atoms with Crippen LogP contribution in [0.1, 0.15) is 25.7 Å². The number of methoxy groups -OCH3 is 1. The Morgan fingerprint density at radius 1 is 1.07 bits per heavy atom. The number of benzene rings is 1. The zero-order chi connectivity index (χ0) is 11.1. The molecule has 84 valence electrons. The van der Waals surface area contributed by atoms with Gasteiger partial charge >= 0.3 is 0 Å². The molecule has 0 aromatic heterocycles. The molecule has 0 radical (unpaired) electrons. The SMILES string of the molecule is CCOc1ccc(C(OC)OCC)cc1. The first kappa shape index (κ1) is 12.0. The van der Waals surface area contributed by atoms with Crippen LogP contribution < -0.4 is 4.74 Å². The van der Waals surface area contributed by atoms with Gasteiger partial charge in [0.05, 0.1) is 6.61 Å². The third kappa shape index (κ3) is 3.53. The lowest BCUT2D eigenvalue weighted by molar-refractivity contribution is -0.124. The van der Waals surface area contributed by atoms with Crippen LogP contribution in [-0.2, 0) is 9.47 Å². The van der Waals surface area contributed by atoms with E-state index in [1.807, 2.05) is 38.1 Å². The van der Waals surface area contributed by atoms with Crippen LogP contribution in [0.3, 0.4) is 0 Å². The van der Waals surface area contributed by atoms with Gasteiger partial charge in [0.2, 0.25) is 0 Å². The Morgan fingerprint density at radius 2 is 1.73 bits per heavy atom. The predicted molar refractivity (Wildman–Crippen MR) is 59.0 cm³/mol. The number of rotatable bonds is 6. The van der Waals surface area contributed by atoms with Crippen molar-refractivity contribution in [3.05, 3.63) is 29.8 Å². The second-order valence-corrected chi connectivity index (χ2v) is 3.03. The molecule has 0 aliphatic rings. The molecule has 0 heterocycles. The van der Waals surface area contributed by atoms with Crippen molar-refractivity contribution in [2.24, 2.45) is 0 Å². The van der Waals surface area contributed by atoms with Gasteiger partial charge in [-0.25, -0.2) is 0 Å². The van der Waals surface area contributed by atoms with Gasteiger partial charge in [-0.1, -0.05) is 12.1 Å². The molecule has 0 amide bonds. The highest BCUT2D eigenvalue weighted by Gasteiger charge is 2.09. The van der Waals surface area contributed by atoms with Gasteiger partial charge in [-0.15, -0.1) is 0 Å². The molecular formula is C12H18O3. The molecule has 0 aliphatic heterocycles. The summed E-state index contributed by atoms with van der Waals surface area (Å²) in [6, 6.07) is 7.75.